The molecule has 1 unspecified atom stereocenters. The molecule has 1 fully saturated rings. The molecule has 1 aromatic heterocycles. The van der Waals surface area contributed by atoms with E-state index in [9.17, 15) is 9.59 Å². The molecule has 0 spiro atoms. The van der Waals surface area contributed by atoms with Crippen LogP contribution in [0.4, 0.5) is 4.79 Å². The molecule has 0 aliphatic carbocycles. The second-order valence-electron chi connectivity index (χ2n) is 6.82. The zero-order chi connectivity index (χ0) is 17.7. The number of hydrogen-bond acceptors (Lipinski definition) is 4. The molecule has 1 aliphatic rings. The second kappa shape index (κ2) is 7.51. The van der Waals surface area contributed by atoms with Gasteiger partial charge in [-0.1, -0.05) is 6.07 Å². The van der Waals surface area contributed by atoms with E-state index < -0.39 is 11.6 Å². The van der Waals surface area contributed by atoms with Crippen molar-refractivity contribution in [2.45, 2.75) is 51.6 Å². The SMILES string of the molecule is Cc1cccnc1OCC(C)(C)NC(=O)CC1CCCN1C(=O)O. The molecule has 2 amide bonds. The molecule has 2 rings (SSSR count). The van der Waals surface area contributed by atoms with Crippen LogP contribution in [0, 0.1) is 6.92 Å². The topological polar surface area (TPSA) is 91.8 Å². The molecule has 2 N–H and O–H groups in total. The minimum atomic E-state index is -0.960. The fourth-order valence-electron chi connectivity index (χ4n) is 2.85. The number of aromatic nitrogens is 1. The first-order valence-electron chi connectivity index (χ1n) is 8.13. The molecule has 1 aliphatic heterocycles. The van der Waals surface area contributed by atoms with Crippen LogP contribution in [0.1, 0.15) is 38.7 Å². The highest BCUT2D eigenvalue weighted by Gasteiger charge is 2.31. The van der Waals surface area contributed by atoms with Gasteiger partial charge in [-0.25, -0.2) is 9.78 Å². The summed E-state index contributed by atoms with van der Waals surface area (Å²) in [5, 5.41) is 12.1. The monoisotopic (exact) mass is 335 g/mol. The summed E-state index contributed by atoms with van der Waals surface area (Å²) >= 11 is 0. The quantitative estimate of drug-likeness (QED) is 0.831. The summed E-state index contributed by atoms with van der Waals surface area (Å²) in [5.41, 5.74) is 0.357. The summed E-state index contributed by atoms with van der Waals surface area (Å²) < 4.78 is 5.70. The third-order valence-corrected chi connectivity index (χ3v) is 4.05. The van der Waals surface area contributed by atoms with Gasteiger partial charge in [0.25, 0.3) is 0 Å². The maximum Gasteiger partial charge on any atom is 0.407 e. The molecular formula is C17H25N3O4. The number of hydrogen-bond donors (Lipinski definition) is 2. The number of ether oxygens (including phenoxy) is 1. The number of amides is 2. The maximum atomic E-state index is 12.3. The lowest BCUT2D eigenvalue weighted by Gasteiger charge is -2.28. The Morgan fingerprint density at radius 3 is 2.92 bits per heavy atom. The van der Waals surface area contributed by atoms with Gasteiger partial charge in [-0.2, -0.15) is 0 Å². The molecule has 0 aromatic carbocycles. The Bertz CT molecular complexity index is 603. The number of carbonyl (C=O) groups is 2. The van der Waals surface area contributed by atoms with E-state index in [2.05, 4.69) is 10.3 Å². The van der Waals surface area contributed by atoms with Crippen LogP contribution in [0.2, 0.25) is 0 Å². The van der Waals surface area contributed by atoms with E-state index in [1.165, 1.54) is 4.90 Å². The molecular weight excluding hydrogens is 310 g/mol. The first-order chi connectivity index (χ1) is 11.3. The minimum absolute atomic E-state index is 0.167. The normalized spacial score (nSPS) is 17.6. The van der Waals surface area contributed by atoms with Crippen LogP contribution in [0.3, 0.4) is 0 Å². The van der Waals surface area contributed by atoms with Gasteiger partial charge in [0.15, 0.2) is 0 Å². The van der Waals surface area contributed by atoms with Crippen LogP contribution < -0.4 is 10.1 Å². The van der Waals surface area contributed by atoms with Crippen LogP contribution in [-0.2, 0) is 4.79 Å². The number of pyridine rings is 1. The van der Waals surface area contributed by atoms with Gasteiger partial charge < -0.3 is 20.1 Å². The van der Waals surface area contributed by atoms with E-state index in [0.29, 0.717) is 12.4 Å². The molecule has 7 nitrogen and oxygen atoms in total. The molecule has 7 heteroatoms. The van der Waals surface area contributed by atoms with Gasteiger partial charge in [0, 0.05) is 30.8 Å². The Morgan fingerprint density at radius 1 is 1.50 bits per heavy atom. The number of likely N-dealkylation sites (tertiary alicyclic amines) is 1. The molecule has 1 aromatic rings. The molecule has 0 bridgehead atoms. The Kier molecular flexibility index (Phi) is 5.64. The van der Waals surface area contributed by atoms with Gasteiger partial charge in [0.05, 0.1) is 5.54 Å². The van der Waals surface area contributed by atoms with Crippen molar-refractivity contribution in [3.63, 3.8) is 0 Å². The van der Waals surface area contributed by atoms with Gasteiger partial charge in [-0.05, 0) is 39.7 Å². The third kappa shape index (κ3) is 4.84. The van der Waals surface area contributed by atoms with Crippen molar-refractivity contribution >= 4 is 12.0 Å². The van der Waals surface area contributed by atoms with Crippen molar-refractivity contribution in [2.24, 2.45) is 0 Å². The Labute approximate surface area is 142 Å². The van der Waals surface area contributed by atoms with Crippen LogP contribution in [0.15, 0.2) is 18.3 Å². The maximum absolute atomic E-state index is 12.3. The van der Waals surface area contributed by atoms with E-state index in [0.717, 1.165) is 18.4 Å². The summed E-state index contributed by atoms with van der Waals surface area (Å²) in [6, 6.07) is 3.51. The van der Waals surface area contributed by atoms with Gasteiger partial charge in [-0.15, -0.1) is 0 Å². The van der Waals surface area contributed by atoms with Crippen LogP contribution in [0.5, 0.6) is 5.88 Å². The largest absolute Gasteiger partial charge is 0.475 e. The molecule has 2 heterocycles. The lowest BCUT2D eigenvalue weighted by molar-refractivity contribution is -0.123. The molecule has 1 saturated heterocycles. The van der Waals surface area contributed by atoms with Crippen molar-refractivity contribution in [1.82, 2.24) is 15.2 Å². The van der Waals surface area contributed by atoms with Gasteiger partial charge in [-0.3, -0.25) is 4.79 Å². The standard InChI is InChI=1S/C17H25N3O4/c1-12-6-4-8-18-15(12)24-11-17(2,3)19-14(21)10-13-7-5-9-20(13)16(22)23/h4,6,8,13H,5,7,9-11H2,1-3H3,(H,19,21)(H,22,23). The Balaban J connectivity index is 1.85. The average Bonchev–Trinajstić information content (AvgIpc) is 2.94. The number of nitrogens with zero attached hydrogens (tertiary/aromatic N) is 2. The average molecular weight is 335 g/mol. The number of aryl methyl sites for hydroxylation is 1. The van der Waals surface area contributed by atoms with Gasteiger partial charge >= 0.3 is 6.09 Å². The lowest BCUT2D eigenvalue weighted by atomic mass is 10.1. The van der Waals surface area contributed by atoms with Gasteiger partial charge in [0.2, 0.25) is 11.8 Å². The molecule has 132 valence electrons. The fraction of sp³-hybridized carbons (Fsp3) is 0.588. The Hall–Kier alpha value is -2.31. The van der Waals surface area contributed by atoms with Crippen molar-refractivity contribution in [3.05, 3.63) is 23.9 Å². The summed E-state index contributed by atoms with van der Waals surface area (Å²) in [7, 11) is 0. The number of carbonyl (C=O) groups excluding carboxylic acids is 1. The molecule has 24 heavy (non-hydrogen) atoms. The van der Waals surface area contributed by atoms with E-state index in [4.69, 9.17) is 9.84 Å². The van der Waals surface area contributed by atoms with Gasteiger partial charge in [0.1, 0.15) is 6.61 Å². The molecule has 0 saturated carbocycles. The smallest absolute Gasteiger partial charge is 0.407 e. The zero-order valence-corrected chi connectivity index (χ0v) is 14.4. The summed E-state index contributed by atoms with van der Waals surface area (Å²) in [4.78, 5) is 28.9. The highest BCUT2D eigenvalue weighted by Crippen LogP contribution is 2.20. The zero-order valence-electron chi connectivity index (χ0n) is 14.4. The fourth-order valence-corrected chi connectivity index (χ4v) is 2.85. The summed E-state index contributed by atoms with van der Waals surface area (Å²) in [6.07, 6.45) is 2.41. The van der Waals surface area contributed by atoms with Crippen LogP contribution >= 0.6 is 0 Å². The van der Waals surface area contributed by atoms with E-state index in [1.807, 2.05) is 32.9 Å². The number of rotatable bonds is 6. The predicted octanol–water partition coefficient (Wildman–Crippen LogP) is 2.20. The van der Waals surface area contributed by atoms with Crippen molar-refractivity contribution < 1.29 is 19.4 Å². The molecule has 1 atom stereocenters. The first-order valence-corrected chi connectivity index (χ1v) is 8.13. The summed E-state index contributed by atoms with van der Waals surface area (Å²) in [6.45, 7) is 6.43. The highest BCUT2D eigenvalue weighted by molar-refractivity contribution is 5.78. The minimum Gasteiger partial charge on any atom is -0.475 e. The first kappa shape index (κ1) is 18.0. The van der Waals surface area contributed by atoms with Crippen LogP contribution in [0.25, 0.3) is 0 Å². The van der Waals surface area contributed by atoms with Crippen molar-refractivity contribution in [3.8, 4) is 5.88 Å². The summed E-state index contributed by atoms with van der Waals surface area (Å²) in [5.74, 6) is 0.382. The highest BCUT2D eigenvalue weighted by atomic mass is 16.5. The Morgan fingerprint density at radius 2 is 2.25 bits per heavy atom. The number of nitrogens with one attached hydrogen (secondary N) is 1. The molecule has 0 radical (unpaired) electrons. The van der Waals surface area contributed by atoms with Crippen LogP contribution in [-0.4, -0.2) is 51.7 Å². The van der Waals surface area contributed by atoms with E-state index in [-0.39, 0.29) is 25.0 Å². The second-order valence-corrected chi connectivity index (χ2v) is 6.82. The lowest BCUT2D eigenvalue weighted by Crippen LogP contribution is -2.49. The number of carboxylic acid groups (broad SMARTS) is 1. The van der Waals surface area contributed by atoms with E-state index >= 15 is 0 Å². The predicted molar refractivity (Wildman–Crippen MR) is 89.1 cm³/mol. The third-order valence-electron chi connectivity index (χ3n) is 4.05. The van der Waals surface area contributed by atoms with Crippen molar-refractivity contribution in [2.75, 3.05) is 13.2 Å². The van der Waals surface area contributed by atoms with Crippen molar-refractivity contribution in [1.29, 1.82) is 0 Å². The van der Waals surface area contributed by atoms with E-state index in [1.54, 1.807) is 6.20 Å².